The Kier molecular flexibility index (Phi) is 3.91. The Morgan fingerprint density at radius 2 is 1.80 bits per heavy atom. The third kappa shape index (κ3) is 2.97. The van der Waals surface area contributed by atoms with Gasteiger partial charge in [0.15, 0.2) is 0 Å². The molecular weight excluding hydrogens is 338 g/mol. The number of nitrogens with zero attached hydrogens (tertiary/aromatic N) is 2. The van der Waals surface area contributed by atoms with Crippen molar-refractivity contribution >= 4 is 15.7 Å². The molecule has 2 aliphatic rings. The van der Waals surface area contributed by atoms with Gasteiger partial charge in [-0.25, -0.2) is 8.42 Å². The zero-order valence-electron chi connectivity index (χ0n) is 14.1. The molecule has 3 heterocycles. The normalized spacial score (nSPS) is 26.0. The summed E-state index contributed by atoms with van der Waals surface area (Å²) in [7, 11) is -3.06. The van der Waals surface area contributed by atoms with Crippen LogP contribution in [0, 0.1) is 0 Å². The maximum absolute atomic E-state index is 13.0. The Hall–Kier alpha value is -2.15. The predicted molar refractivity (Wildman–Crippen MR) is 94.9 cm³/mol. The standard InChI is InChI=1S/C18H21N3O3S/c1-25(23,24)15-9-13-7-8-14(10-15)21(13)18(22)17-11-16(19-20-17)12-5-3-2-4-6-12/h2-6,11,13-15H,7-10H2,1H3,(H,19,20)/t13-,14+,15?. The number of H-pyrrole nitrogens is 1. The van der Waals surface area contributed by atoms with Crippen molar-refractivity contribution in [3.05, 3.63) is 42.1 Å². The van der Waals surface area contributed by atoms with Crippen LogP contribution in [0.2, 0.25) is 0 Å². The zero-order chi connectivity index (χ0) is 17.6. The molecule has 0 saturated carbocycles. The molecule has 2 saturated heterocycles. The molecule has 1 amide bonds. The molecule has 6 nitrogen and oxygen atoms in total. The van der Waals surface area contributed by atoms with Gasteiger partial charge in [0.05, 0.1) is 10.9 Å². The number of benzene rings is 1. The first-order chi connectivity index (χ1) is 11.9. The van der Waals surface area contributed by atoms with Crippen LogP contribution in [-0.4, -0.2) is 53.0 Å². The molecule has 2 aliphatic heterocycles. The van der Waals surface area contributed by atoms with Gasteiger partial charge in [-0.3, -0.25) is 9.89 Å². The average molecular weight is 359 g/mol. The Morgan fingerprint density at radius 1 is 1.16 bits per heavy atom. The minimum atomic E-state index is -3.06. The molecule has 2 aromatic rings. The Balaban J connectivity index is 1.56. The largest absolute Gasteiger partial charge is 0.331 e. The van der Waals surface area contributed by atoms with Crippen LogP contribution >= 0.6 is 0 Å². The fourth-order valence-corrected chi connectivity index (χ4v) is 5.28. The first-order valence-corrected chi connectivity index (χ1v) is 10.5. The van der Waals surface area contributed by atoms with Crippen LogP contribution in [0.1, 0.15) is 36.2 Å². The number of fused-ring (bicyclic) bond motifs is 2. The number of rotatable bonds is 3. The minimum Gasteiger partial charge on any atom is -0.331 e. The minimum absolute atomic E-state index is 0.00875. The lowest BCUT2D eigenvalue weighted by atomic mass is 10.0. The monoisotopic (exact) mass is 359 g/mol. The molecule has 3 atom stereocenters. The highest BCUT2D eigenvalue weighted by molar-refractivity contribution is 7.91. The number of aromatic nitrogens is 2. The van der Waals surface area contributed by atoms with Crippen LogP contribution < -0.4 is 0 Å². The van der Waals surface area contributed by atoms with Gasteiger partial charge in [0.2, 0.25) is 0 Å². The molecule has 0 radical (unpaired) electrons. The van der Waals surface area contributed by atoms with E-state index in [2.05, 4.69) is 10.2 Å². The van der Waals surface area contributed by atoms with Crippen molar-refractivity contribution in [3.63, 3.8) is 0 Å². The maximum atomic E-state index is 13.0. The quantitative estimate of drug-likeness (QED) is 0.911. The van der Waals surface area contributed by atoms with E-state index < -0.39 is 9.84 Å². The van der Waals surface area contributed by atoms with Gasteiger partial charge in [-0.2, -0.15) is 5.10 Å². The van der Waals surface area contributed by atoms with Crippen molar-refractivity contribution < 1.29 is 13.2 Å². The van der Waals surface area contributed by atoms with Crippen molar-refractivity contribution in [1.29, 1.82) is 0 Å². The number of piperidine rings is 1. The van der Waals surface area contributed by atoms with E-state index in [0.717, 1.165) is 24.1 Å². The molecule has 25 heavy (non-hydrogen) atoms. The molecule has 0 aliphatic carbocycles. The fraction of sp³-hybridized carbons (Fsp3) is 0.444. The number of carbonyl (C=O) groups excluding carboxylic acids is 1. The number of hydrogen-bond donors (Lipinski definition) is 1. The summed E-state index contributed by atoms with van der Waals surface area (Å²) < 4.78 is 23.8. The van der Waals surface area contributed by atoms with E-state index in [1.165, 1.54) is 6.26 Å². The Morgan fingerprint density at radius 3 is 2.40 bits per heavy atom. The molecule has 7 heteroatoms. The second-order valence-electron chi connectivity index (χ2n) is 7.05. The van der Waals surface area contributed by atoms with Crippen molar-refractivity contribution in [1.82, 2.24) is 15.1 Å². The van der Waals surface area contributed by atoms with Crippen LogP contribution in [0.4, 0.5) is 0 Å². The molecule has 2 bridgehead atoms. The van der Waals surface area contributed by atoms with Gasteiger partial charge in [-0.15, -0.1) is 0 Å². The van der Waals surface area contributed by atoms with Gasteiger partial charge in [-0.1, -0.05) is 30.3 Å². The molecular formula is C18H21N3O3S. The number of nitrogens with one attached hydrogen (secondary N) is 1. The highest BCUT2D eigenvalue weighted by Gasteiger charge is 2.46. The summed E-state index contributed by atoms with van der Waals surface area (Å²) in [6, 6.07) is 11.5. The summed E-state index contributed by atoms with van der Waals surface area (Å²) in [5, 5.41) is 6.79. The van der Waals surface area contributed by atoms with Crippen LogP contribution in [0.15, 0.2) is 36.4 Å². The SMILES string of the molecule is CS(=O)(=O)C1C[C@H]2CC[C@@H](C1)N2C(=O)c1cc(-c2ccccc2)n[nH]1. The smallest absolute Gasteiger partial charge is 0.272 e. The van der Waals surface area contributed by atoms with Crippen LogP contribution in [0.3, 0.4) is 0 Å². The zero-order valence-corrected chi connectivity index (χ0v) is 14.9. The van der Waals surface area contributed by atoms with Gasteiger partial charge in [0.25, 0.3) is 5.91 Å². The lowest BCUT2D eigenvalue weighted by Crippen LogP contribution is -2.49. The molecule has 4 rings (SSSR count). The highest BCUT2D eigenvalue weighted by Crippen LogP contribution is 2.39. The van der Waals surface area contributed by atoms with E-state index in [0.29, 0.717) is 18.5 Å². The molecule has 2 fully saturated rings. The van der Waals surface area contributed by atoms with Crippen LogP contribution in [-0.2, 0) is 9.84 Å². The summed E-state index contributed by atoms with van der Waals surface area (Å²) in [6.07, 6.45) is 4.14. The number of aromatic amines is 1. The Labute approximate surface area is 147 Å². The van der Waals surface area contributed by atoms with Crippen molar-refractivity contribution in [2.45, 2.75) is 43.0 Å². The molecule has 1 aromatic carbocycles. The fourth-order valence-electron chi connectivity index (χ4n) is 4.14. The Bertz CT molecular complexity index is 877. The van der Waals surface area contributed by atoms with E-state index in [9.17, 15) is 13.2 Å². The van der Waals surface area contributed by atoms with Crippen molar-refractivity contribution in [3.8, 4) is 11.3 Å². The first-order valence-electron chi connectivity index (χ1n) is 8.56. The van der Waals surface area contributed by atoms with Crippen molar-refractivity contribution in [2.75, 3.05) is 6.26 Å². The summed E-state index contributed by atoms with van der Waals surface area (Å²) in [5.74, 6) is -0.0749. The topological polar surface area (TPSA) is 83.1 Å². The van der Waals surface area contributed by atoms with Gasteiger partial charge in [-0.05, 0) is 31.7 Å². The first kappa shape index (κ1) is 16.3. The lowest BCUT2D eigenvalue weighted by molar-refractivity contribution is 0.0592. The number of carbonyl (C=O) groups is 1. The number of amides is 1. The summed E-state index contributed by atoms with van der Waals surface area (Å²) in [6.45, 7) is 0. The lowest BCUT2D eigenvalue weighted by Gasteiger charge is -2.38. The van der Waals surface area contributed by atoms with E-state index in [1.54, 1.807) is 6.07 Å². The molecule has 1 N–H and O–H groups in total. The molecule has 1 aromatic heterocycles. The third-order valence-electron chi connectivity index (χ3n) is 5.41. The molecule has 0 spiro atoms. The van der Waals surface area contributed by atoms with E-state index in [-0.39, 0.29) is 23.2 Å². The number of sulfone groups is 1. The summed E-state index contributed by atoms with van der Waals surface area (Å²) in [5.41, 5.74) is 2.16. The highest BCUT2D eigenvalue weighted by atomic mass is 32.2. The van der Waals surface area contributed by atoms with Crippen LogP contribution in [0.5, 0.6) is 0 Å². The van der Waals surface area contributed by atoms with Gasteiger partial charge < -0.3 is 4.90 Å². The van der Waals surface area contributed by atoms with Gasteiger partial charge in [0.1, 0.15) is 15.5 Å². The second-order valence-corrected chi connectivity index (χ2v) is 9.38. The van der Waals surface area contributed by atoms with E-state index in [1.807, 2.05) is 35.2 Å². The second kappa shape index (κ2) is 5.98. The number of hydrogen-bond acceptors (Lipinski definition) is 4. The summed E-state index contributed by atoms with van der Waals surface area (Å²) in [4.78, 5) is 14.8. The molecule has 132 valence electrons. The summed E-state index contributed by atoms with van der Waals surface area (Å²) >= 11 is 0. The van der Waals surface area contributed by atoms with Crippen LogP contribution in [0.25, 0.3) is 11.3 Å². The van der Waals surface area contributed by atoms with Crippen molar-refractivity contribution in [2.24, 2.45) is 0 Å². The van der Waals surface area contributed by atoms with Gasteiger partial charge in [0, 0.05) is 23.9 Å². The predicted octanol–water partition coefficient (Wildman–Crippen LogP) is 2.26. The van der Waals surface area contributed by atoms with Gasteiger partial charge >= 0.3 is 0 Å². The van der Waals surface area contributed by atoms with E-state index in [4.69, 9.17) is 0 Å². The molecule has 1 unspecified atom stereocenters. The third-order valence-corrected chi connectivity index (χ3v) is 7.00. The maximum Gasteiger partial charge on any atom is 0.272 e. The van der Waals surface area contributed by atoms with E-state index >= 15 is 0 Å². The average Bonchev–Trinajstić information content (AvgIpc) is 3.17.